The minimum absolute atomic E-state index is 0.00698. The number of allylic oxidation sites excluding steroid dienone is 1. The molecular formula is C45H68O13. The number of methoxy groups -OCH3 is 3. The van der Waals surface area contributed by atoms with Gasteiger partial charge in [0.15, 0.2) is 30.0 Å². The zero-order valence-corrected chi connectivity index (χ0v) is 36.0. The van der Waals surface area contributed by atoms with Crippen molar-refractivity contribution in [1.29, 1.82) is 0 Å². The highest BCUT2D eigenvalue weighted by molar-refractivity contribution is 5.91. The lowest BCUT2D eigenvalue weighted by atomic mass is 9.46. The SMILES string of the molecule is COc1cc(C(=O)O[C@@H]2[C@@H](O)[C@H](C)O[C@@H](O[C@H]3C[C@H]4[C@@H]5CC=C6C[C@@H](O)CC[C@]6(C)[C@H]5[C@H](O)C[C@]4(C)[C@H]3[C@H](C)[C@H](O)CCC(C)C)[C@@H]2OC(C)=O)cc(OC)c1OC. The summed E-state index contributed by atoms with van der Waals surface area (Å²) in [6, 6.07) is 2.87. The average molecular weight is 817 g/mol. The Balaban J connectivity index is 1.34. The number of carbonyl (C=O) groups is 2. The third-order valence-corrected chi connectivity index (χ3v) is 14.8. The summed E-state index contributed by atoms with van der Waals surface area (Å²) in [6.45, 7) is 13.7. The van der Waals surface area contributed by atoms with Crippen molar-refractivity contribution in [2.24, 2.45) is 46.3 Å². The number of hydrogen-bond donors (Lipinski definition) is 4. The van der Waals surface area contributed by atoms with Crippen molar-refractivity contribution in [3.8, 4) is 17.2 Å². The molecule has 1 aliphatic heterocycles. The number of aliphatic hydroxyl groups excluding tert-OH is 4. The summed E-state index contributed by atoms with van der Waals surface area (Å²) in [7, 11) is 4.30. The highest BCUT2D eigenvalue weighted by atomic mass is 16.7. The molecule has 0 aromatic heterocycles. The van der Waals surface area contributed by atoms with Gasteiger partial charge in [-0.3, -0.25) is 4.79 Å². The molecule has 3 saturated carbocycles. The van der Waals surface area contributed by atoms with Gasteiger partial charge in [-0.05, 0) is 117 Å². The van der Waals surface area contributed by atoms with Crippen LogP contribution in [0.1, 0.15) is 110 Å². The molecule has 13 nitrogen and oxygen atoms in total. The molecule has 58 heavy (non-hydrogen) atoms. The molecule has 1 aromatic carbocycles. The second-order valence-electron chi connectivity index (χ2n) is 18.7. The Bertz CT molecular complexity index is 1640. The Morgan fingerprint density at radius 2 is 1.64 bits per heavy atom. The molecule has 1 aromatic rings. The third-order valence-electron chi connectivity index (χ3n) is 14.8. The zero-order valence-electron chi connectivity index (χ0n) is 36.0. The molecule has 0 unspecified atom stereocenters. The van der Waals surface area contributed by atoms with Crippen molar-refractivity contribution in [2.75, 3.05) is 21.3 Å². The predicted molar refractivity (Wildman–Crippen MR) is 213 cm³/mol. The van der Waals surface area contributed by atoms with Gasteiger partial charge in [0.1, 0.15) is 6.10 Å². The zero-order chi connectivity index (χ0) is 42.4. The van der Waals surface area contributed by atoms with E-state index in [1.54, 1.807) is 6.92 Å². The van der Waals surface area contributed by atoms with Crippen LogP contribution in [0.25, 0.3) is 0 Å². The fourth-order valence-corrected chi connectivity index (χ4v) is 12.0. The lowest BCUT2D eigenvalue weighted by Crippen LogP contribution is -2.61. The molecule has 0 spiro atoms. The number of ether oxygens (including phenoxy) is 7. The van der Waals surface area contributed by atoms with Gasteiger partial charge in [-0.1, -0.05) is 46.3 Å². The van der Waals surface area contributed by atoms with Crippen molar-refractivity contribution < 1.29 is 63.2 Å². The Hall–Kier alpha value is -2.94. The van der Waals surface area contributed by atoms with Crippen LogP contribution < -0.4 is 14.2 Å². The van der Waals surface area contributed by atoms with Gasteiger partial charge in [0.25, 0.3) is 0 Å². The second-order valence-corrected chi connectivity index (χ2v) is 18.7. The first kappa shape index (κ1) is 44.6. The third kappa shape index (κ3) is 8.25. The lowest BCUT2D eigenvalue weighted by molar-refractivity contribution is -0.311. The maximum Gasteiger partial charge on any atom is 0.338 e. The molecule has 6 rings (SSSR count). The Kier molecular flexibility index (Phi) is 13.5. The number of benzene rings is 1. The molecule has 4 N–H and O–H groups in total. The molecule has 16 atom stereocenters. The highest BCUT2D eigenvalue weighted by Gasteiger charge is 2.66. The molecule has 0 amide bonds. The van der Waals surface area contributed by atoms with Crippen molar-refractivity contribution in [2.45, 2.75) is 155 Å². The quantitative estimate of drug-likeness (QED) is 0.143. The monoisotopic (exact) mass is 816 g/mol. The van der Waals surface area contributed by atoms with Crippen molar-refractivity contribution >= 4 is 11.9 Å². The molecule has 0 radical (unpaired) electrons. The fourth-order valence-electron chi connectivity index (χ4n) is 12.0. The smallest absolute Gasteiger partial charge is 0.338 e. The van der Waals surface area contributed by atoms with E-state index in [1.807, 2.05) is 0 Å². The van der Waals surface area contributed by atoms with Crippen molar-refractivity contribution in [3.63, 3.8) is 0 Å². The summed E-state index contributed by atoms with van der Waals surface area (Å²) in [5.74, 6) is -0.569. The summed E-state index contributed by atoms with van der Waals surface area (Å²) in [5.41, 5.74) is 0.632. The highest BCUT2D eigenvalue weighted by Crippen LogP contribution is 2.68. The largest absolute Gasteiger partial charge is 0.493 e. The van der Waals surface area contributed by atoms with E-state index in [2.05, 4.69) is 40.7 Å². The molecule has 0 bridgehead atoms. The van der Waals surface area contributed by atoms with Crippen LogP contribution >= 0.6 is 0 Å². The summed E-state index contributed by atoms with van der Waals surface area (Å²) in [6.07, 6.45) is -0.526. The van der Waals surface area contributed by atoms with Crippen LogP contribution in [0, 0.1) is 46.3 Å². The summed E-state index contributed by atoms with van der Waals surface area (Å²) in [5, 5.41) is 46.1. The number of carbonyl (C=O) groups excluding carboxylic acids is 2. The summed E-state index contributed by atoms with van der Waals surface area (Å²) >= 11 is 0. The van der Waals surface area contributed by atoms with Crippen LogP contribution in [0.15, 0.2) is 23.8 Å². The molecule has 326 valence electrons. The van der Waals surface area contributed by atoms with Crippen LogP contribution in [0.2, 0.25) is 0 Å². The van der Waals surface area contributed by atoms with E-state index in [4.69, 9.17) is 33.2 Å². The van der Waals surface area contributed by atoms with E-state index in [0.29, 0.717) is 38.0 Å². The van der Waals surface area contributed by atoms with Gasteiger partial charge in [0, 0.05) is 6.92 Å². The van der Waals surface area contributed by atoms with Crippen LogP contribution in [0.5, 0.6) is 17.2 Å². The average Bonchev–Trinajstić information content (AvgIpc) is 3.46. The molecular weight excluding hydrogens is 748 g/mol. The number of rotatable bonds is 13. The van der Waals surface area contributed by atoms with E-state index in [0.717, 1.165) is 19.3 Å². The fraction of sp³-hybridized carbons (Fsp3) is 0.778. The first-order valence-electron chi connectivity index (χ1n) is 21.3. The Morgan fingerprint density at radius 3 is 2.24 bits per heavy atom. The molecule has 1 heterocycles. The minimum atomic E-state index is -1.39. The Labute approximate surface area is 343 Å². The lowest BCUT2D eigenvalue weighted by Gasteiger charge is -2.60. The van der Waals surface area contributed by atoms with Gasteiger partial charge >= 0.3 is 11.9 Å². The normalized spacial score (nSPS) is 39.3. The second kappa shape index (κ2) is 17.6. The summed E-state index contributed by atoms with van der Waals surface area (Å²) in [4.78, 5) is 26.6. The number of aliphatic hydroxyl groups is 4. The molecule has 5 aliphatic rings. The molecule has 4 fully saturated rings. The van der Waals surface area contributed by atoms with E-state index < -0.39 is 66.4 Å². The van der Waals surface area contributed by atoms with Crippen molar-refractivity contribution in [1.82, 2.24) is 0 Å². The van der Waals surface area contributed by atoms with E-state index in [-0.39, 0.29) is 63.9 Å². The number of esters is 2. The van der Waals surface area contributed by atoms with E-state index in [1.165, 1.54) is 46.0 Å². The van der Waals surface area contributed by atoms with Crippen molar-refractivity contribution in [3.05, 3.63) is 29.3 Å². The molecule has 4 aliphatic carbocycles. The van der Waals surface area contributed by atoms with E-state index >= 15 is 0 Å². The standard InChI is InChI=1S/C45H68O13/c1-22(2)11-14-31(48)23(3)36-33(20-30-29-13-12-27-19-28(47)15-16-44(27,6)37(29)32(49)21-45(30,36)7)57-43-41(56-25(5)46)40(38(50)24(4)55-43)58-42(51)26-17-34(52-8)39(54-10)35(18-26)53-9/h12,17-18,22-24,28-33,36-38,40-41,43,47-50H,11,13-16,19-21H2,1-10H3/t23-,24+,28+,29+,30+,31-,32-,33+,36+,37-,38+,40-,41-,43+,44+,45+/m1/s1. The van der Waals surface area contributed by atoms with Gasteiger partial charge in [0.2, 0.25) is 5.75 Å². The first-order valence-corrected chi connectivity index (χ1v) is 21.3. The number of fused-ring (bicyclic) bond motifs is 5. The van der Waals surface area contributed by atoms with Crippen LogP contribution in [0.3, 0.4) is 0 Å². The maximum absolute atomic E-state index is 13.9. The van der Waals surface area contributed by atoms with Gasteiger partial charge in [0.05, 0.1) is 57.4 Å². The van der Waals surface area contributed by atoms with Gasteiger partial charge < -0.3 is 53.6 Å². The number of hydrogen-bond acceptors (Lipinski definition) is 13. The maximum atomic E-state index is 13.9. The first-order chi connectivity index (χ1) is 27.4. The van der Waals surface area contributed by atoms with E-state index in [9.17, 15) is 30.0 Å². The topological polar surface area (TPSA) is 180 Å². The van der Waals surface area contributed by atoms with Crippen LogP contribution in [-0.2, 0) is 23.7 Å². The van der Waals surface area contributed by atoms with Crippen LogP contribution in [-0.4, -0.2) is 109 Å². The summed E-state index contributed by atoms with van der Waals surface area (Å²) < 4.78 is 41.5. The minimum Gasteiger partial charge on any atom is -0.493 e. The molecule has 13 heteroatoms. The van der Waals surface area contributed by atoms with Gasteiger partial charge in [-0.15, -0.1) is 0 Å². The van der Waals surface area contributed by atoms with Crippen LogP contribution in [0.4, 0.5) is 0 Å². The predicted octanol–water partition coefficient (Wildman–Crippen LogP) is 5.61. The van der Waals surface area contributed by atoms with Gasteiger partial charge in [-0.25, -0.2) is 4.79 Å². The Morgan fingerprint density at radius 1 is 0.966 bits per heavy atom. The molecule has 1 saturated heterocycles. The van der Waals surface area contributed by atoms with Gasteiger partial charge in [-0.2, -0.15) is 0 Å².